The fraction of sp³-hybridized carbons (Fsp3) is 0.160. The van der Waals surface area contributed by atoms with Gasteiger partial charge in [-0.25, -0.2) is 4.79 Å². The van der Waals surface area contributed by atoms with E-state index in [1.165, 1.54) is 0 Å². The summed E-state index contributed by atoms with van der Waals surface area (Å²) in [5, 5.41) is 15.8. The Bertz CT molecular complexity index is 1150. The Morgan fingerprint density at radius 3 is 2.12 bits per heavy atom. The van der Waals surface area contributed by atoms with E-state index in [1.54, 1.807) is 48.5 Å². The second-order valence-corrected chi connectivity index (χ2v) is 8.87. The number of hydrogen-bond acceptors (Lipinski definition) is 3. The molecule has 3 N–H and O–H groups in total. The third-order valence-corrected chi connectivity index (χ3v) is 6.22. The maximum absolute atomic E-state index is 12.5. The summed E-state index contributed by atoms with van der Waals surface area (Å²) in [6.45, 7) is 4.00. The lowest BCUT2D eigenvalue weighted by Crippen LogP contribution is -2.42. The standard InChI is InChI=1S/C23H17BrCl2N2O3S.C2H6/c24-16-5-2-1-4-15(16)22(32)28-19(23(30)31)12-13-8-10-14(11-9-13)27-21(29)20-17(25)6-3-7-18(20)26;1-2/h1-11,19H,12H2,(H,27,29)(H,28,32)(H,30,31);1-2H3. The molecule has 0 bridgehead atoms. The van der Waals surface area contributed by atoms with Crippen LogP contribution in [0, 0.1) is 0 Å². The van der Waals surface area contributed by atoms with Crippen molar-refractivity contribution in [1.82, 2.24) is 5.32 Å². The minimum atomic E-state index is -1.02. The van der Waals surface area contributed by atoms with Gasteiger partial charge < -0.3 is 15.7 Å². The molecule has 0 spiro atoms. The summed E-state index contributed by atoms with van der Waals surface area (Å²) in [6.07, 6.45) is 0.199. The third-order valence-electron chi connectivity index (χ3n) is 4.56. The number of anilines is 1. The van der Waals surface area contributed by atoms with Gasteiger partial charge in [0.25, 0.3) is 5.91 Å². The van der Waals surface area contributed by atoms with Crippen LogP contribution >= 0.6 is 51.3 Å². The van der Waals surface area contributed by atoms with Crippen molar-refractivity contribution in [2.75, 3.05) is 5.32 Å². The average molecular weight is 582 g/mol. The largest absolute Gasteiger partial charge is 0.480 e. The number of hydrogen-bond donors (Lipinski definition) is 3. The SMILES string of the molecule is CC.O=C(Nc1ccc(CC(NC(=S)c2ccccc2Br)C(=O)O)cc1)c1c(Cl)cccc1Cl. The van der Waals surface area contributed by atoms with Crippen molar-refractivity contribution < 1.29 is 14.7 Å². The topological polar surface area (TPSA) is 78.4 Å². The van der Waals surface area contributed by atoms with Gasteiger partial charge >= 0.3 is 5.97 Å². The molecule has 0 aliphatic rings. The number of aliphatic carboxylic acids is 1. The fourth-order valence-electron chi connectivity index (χ4n) is 2.95. The van der Waals surface area contributed by atoms with Gasteiger partial charge in [0, 0.05) is 22.1 Å². The summed E-state index contributed by atoms with van der Waals surface area (Å²) < 4.78 is 0.778. The van der Waals surface area contributed by atoms with Crippen LogP contribution < -0.4 is 10.6 Å². The molecule has 0 saturated heterocycles. The van der Waals surface area contributed by atoms with Gasteiger partial charge in [-0.1, -0.05) is 102 Å². The lowest BCUT2D eigenvalue weighted by molar-refractivity contribution is -0.139. The van der Waals surface area contributed by atoms with Crippen molar-refractivity contribution >= 4 is 73.9 Å². The van der Waals surface area contributed by atoms with E-state index in [1.807, 2.05) is 32.0 Å². The lowest BCUT2D eigenvalue weighted by atomic mass is 10.0. The minimum absolute atomic E-state index is 0.190. The summed E-state index contributed by atoms with van der Waals surface area (Å²) in [4.78, 5) is 24.6. The average Bonchev–Trinajstić information content (AvgIpc) is 2.81. The number of nitrogens with one attached hydrogen (secondary N) is 2. The van der Waals surface area contributed by atoms with E-state index < -0.39 is 17.9 Å². The Kier molecular flexibility index (Phi) is 11.0. The first-order valence-corrected chi connectivity index (χ1v) is 12.3. The monoisotopic (exact) mass is 580 g/mol. The first kappa shape index (κ1) is 27.8. The van der Waals surface area contributed by atoms with Gasteiger partial charge in [-0.15, -0.1) is 0 Å². The quantitative estimate of drug-likeness (QED) is 0.262. The molecule has 9 heteroatoms. The number of amides is 1. The van der Waals surface area contributed by atoms with E-state index >= 15 is 0 Å². The highest BCUT2D eigenvalue weighted by Crippen LogP contribution is 2.25. The molecule has 1 unspecified atom stereocenters. The van der Waals surface area contributed by atoms with E-state index in [0.29, 0.717) is 16.2 Å². The predicted molar refractivity (Wildman–Crippen MR) is 146 cm³/mol. The normalized spacial score (nSPS) is 11.0. The summed E-state index contributed by atoms with van der Waals surface area (Å²) in [7, 11) is 0. The second kappa shape index (κ2) is 13.4. The van der Waals surface area contributed by atoms with Gasteiger partial charge in [-0.3, -0.25) is 4.79 Å². The van der Waals surface area contributed by atoms with Crippen LogP contribution in [0.1, 0.15) is 35.3 Å². The van der Waals surface area contributed by atoms with Gasteiger partial charge in [0.1, 0.15) is 11.0 Å². The molecule has 0 aliphatic heterocycles. The molecule has 5 nitrogen and oxygen atoms in total. The molecule has 178 valence electrons. The number of carboxylic acids is 1. The number of carboxylic acid groups (broad SMARTS) is 1. The number of benzene rings is 3. The maximum Gasteiger partial charge on any atom is 0.326 e. The van der Waals surface area contributed by atoms with E-state index in [9.17, 15) is 14.7 Å². The smallest absolute Gasteiger partial charge is 0.326 e. The van der Waals surface area contributed by atoms with Crippen LogP contribution in [0.3, 0.4) is 0 Å². The van der Waals surface area contributed by atoms with Crippen molar-refractivity contribution in [1.29, 1.82) is 0 Å². The highest BCUT2D eigenvalue weighted by molar-refractivity contribution is 9.10. The number of carbonyl (C=O) groups excluding carboxylic acids is 1. The molecule has 0 fully saturated rings. The van der Waals surface area contributed by atoms with Crippen molar-refractivity contribution in [2.45, 2.75) is 26.3 Å². The van der Waals surface area contributed by atoms with Crippen LogP contribution in [0.25, 0.3) is 0 Å². The van der Waals surface area contributed by atoms with E-state index in [4.69, 9.17) is 35.4 Å². The second-order valence-electron chi connectivity index (χ2n) is 6.80. The Morgan fingerprint density at radius 2 is 1.56 bits per heavy atom. The zero-order valence-electron chi connectivity index (χ0n) is 18.4. The molecule has 1 amide bonds. The van der Waals surface area contributed by atoms with Gasteiger partial charge in [-0.05, 0) is 35.9 Å². The minimum Gasteiger partial charge on any atom is -0.480 e. The van der Waals surface area contributed by atoms with Gasteiger partial charge in [0.15, 0.2) is 0 Å². The Labute approximate surface area is 222 Å². The van der Waals surface area contributed by atoms with Crippen molar-refractivity contribution in [3.8, 4) is 0 Å². The summed E-state index contributed by atoms with van der Waals surface area (Å²) in [5.74, 6) is -1.46. The summed E-state index contributed by atoms with van der Waals surface area (Å²) in [6, 6.07) is 18.1. The molecule has 3 aromatic rings. The van der Waals surface area contributed by atoms with Crippen molar-refractivity contribution in [3.05, 3.63) is 97.9 Å². The Morgan fingerprint density at radius 1 is 0.971 bits per heavy atom. The van der Waals surface area contributed by atoms with Crippen LogP contribution in [0.5, 0.6) is 0 Å². The molecule has 0 saturated carbocycles. The van der Waals surface area contributed by atoms with Crippen LogP contribution in [0.15, 0.2) is 71.2 Å². The number of halogens is 3. The molecule has 0 aliphatic carbocycles. The van der Waals surface area contributed by atoms with E-state index in [-0.39, 0.29) is 22.0 Å². The number of carbonyl (C=O) groups is 2. The first-order valence-electron chi connectivity index (χ1n) is 10.4. The Hall–Kier alpha value is -2.45. The molecule has 0 radical (unpaired) electrons. The summed E-state index contributed by atoms with van der Waals surface area (Å²) in [5.41, 5.74) is 2.19. The third kappa shape index (κ3) is 7.53. The van der Waals surface area contributed by atoms with Crippen LogP contribution in [0.2, 0.25) is 10.0 Å². The molecule has 0 aromatic heterocycles. The number of rotatable bonds is 7. The van der Waals surface area contributed by atoms with E-state index in [0.717, 1.165) is 10.0 Å². The van der Waals surface area contributed by atoms with Gasteiger partial charge in [0.2, 0.25) is 0 Å². The van der Waals surface area contributed by atoms with E-state index in [2.05, 4.69) is 26.6 Å². The molecule has 34 heavy (non-hydrogen) atoms. The molecule has 3 rings (SSSR count). The van der Waals surface area contributed by atoms with Gasteiger partial charge in [-0.2, -0.15) is 0 Å². The molecule has 3 aromatic carbocycles. The Balaban J connectivity index is 0.00000199. The molecular formula is C25H23BrCl2N2O3S. The first-order chi connectivity index (χ1) is 16.3. The lowest BCUT2D eigenvalue weighted by Gasteiger charge is -2.17. The van der Waals surface area contributed by atoms with Crippen LogP contribution in [0.4, 0.5) is 5.69 Å². The van der Waals surface area contributed by atoms with Crippen LogP contribution in [-0.4, -0.2) is 28.0 Å². The van der Waals surface area contributed by atoms with Crippen LogP contribution in [-0.2, 0) is 11.2 Å². The van der Waals surface area contributed by atoms with Crippen molar-refractivity contribution in [3.63, 3.8) is 0 Å². The highest BCUT2D eigenvalue weighted by atomic mass is 79.9. The maximum atomic E-state index is 12.5. The molecule has 1 atom stereocenters. The molecular weight excluding hydrogens is 559 g/mol. The molecule has 0 heterocycles. The highest BCUT2D eigenvalue weighted by Gasteiger charge is 2.20. The summed E-state index contributed by atoms with van der Waals surface area (Å²) >= 11 is 21.0. The number of thiocarbonyl (C=S) groups is 1. The zero-order valence-corrected chi connectivity index (χ0v) is 22.4. The van der Waals surface area contributed by atoms with Crippen molar-refractivity contribution in [2.24, 2.45) is 0 Å². The fourth-order valence-corrected chi connectivity index (χ4v) is 4.45. The zero-order chi connectivity index (χ0) is 25.3. The predicted octanol–water partition coefficient (Wildman–Crippen LogP) is 7.00. The van der Waals surface area contributed by atoms with Gasteiger partial charge in [0.05, 0.1) is 15.6 Å².